The molecule has 1 fully saturated rings. The van der Waals surface area contributed by atoms with Crippen LogP contribution in [0.5, 0.6) is 5.75 Å². The molecule has 0 bridgehead atoms. The molecule has 2 rings (SSSR count). The summed E-state index contributed by atoms with van der Waals surface area (Å²) in [6.07, 6.45) is 1.76. The topological polar surface area (TPSA) is 70.6 Å². The van der Waals surface area contributed by atoms with Gasteiger partial charge < -0.3 is 20.5 Å². The molecule has 1 saturated heterocycles. The lowest BCUT2D eigenvalue weighted by Gasteiger charge is -2.21. The van der Waals surface area contributed by atoms with Gasteiger partial charge in [-0.3, -0.25) is 4.79 Å². The van der Waals surface area contributed by atoms with Crippen LogP contribution in [0.1, 0.15) is 19.3 Å². The lowest BCUT2D eigenvalue weighted by molar-refractivity contribution is -0.122. The molecule has 5 heteroatoms. The van der Waals surface area contributed by atoms with E-state index >= 15 is 0 Å². The second-order valence-corrected chi connectivity index (χ2v) is 5.19. The molecule has 3 N–H and O–H groups in total. The number of carbonyl (C=O) groups excluding carboxylic acids is 1. The molecular weight excluding hydrogens is 256 g/mol. The van der Waals surface area contributed by atoms with Gasteiger partial charge in [0.1, 0.15) is 5.75 Å². The van der Waals surface area contributed by atoms with Crippen molar-refractivity contribution in [2.24, 2.45) is 0 Å². The van der Waals surface area contributed by atoms with Gasteiger partial charge in [-0.25, -0.2) is 0 Å². The molecule has 0 radical (unpaired) electrons. The number of hydrogen-bond acceptors (Lipinski definition) is 4. The summed E-state index contributed by atoms with van der Waals surface area (Å²) in [7, 11) is 0. The zero-order valence-electron chi connectivity index (χ0n) is 11.6. The summed E-state index contributed by atoms with van der Waals surface area (Å²) in [6, 6.07) is 9.55. The van der Waals surface area contributed by atoms with Gasteiger partial charge in [-0.05, 0) is 31.5 Å². The Kier molecular flexibility index (Phi) is 5.38. The van der Waals surface area contributed by atoms with Crippen molar-refractivity contribution in [3.8, 4) is 5.75 Å². The number of benzene rings is 1. The minimum Gasteiger partial charge on any atom is -0.494 e. The van der Waals surface area contributed by atoms with Crippen LogP contribution in [-0.2, 0) is 4.79 Å². The molecular formula is C15H22N2O3. The second-order valence-electron chi connectivity index (χ2n) is 5.19. The van der Waals surface area contributed by atoms with Crippen molar-refractivity contribution >= 4 is 5.91 Å². The highest BCUT2D eigenvalue weighted by Gasteiger charge is 2.30. The molecule has 0 aromatic heterocycles. The summed E-state index contributed by atoms with van der Waals surface area (Å²) in [4.78, 5) is 11.7. The SMILES string of the molecule is O=C(CCCOc1ccccc1)NC[C@]1(O)CCNC1. The van der Waals surface area contributed by atoms with Gasteiger partial charge in [-0.1, -0.05) is 18.2 Å². The average Bonchev–Trinajstić information content (AvgIpc) is 2.90. The van der Waals surface area contributed by atoms with Crippen molar-refractivity contribution in [1.29, 1.82) is 0 Å². The average molecular weight is 278 g/mol. The normalized spacial score (nSPS) is 21.6. The molecule has 0 unspecified atom stereocenters. The lowest BCUT2D eigenvalue weighted by Crippen LogP contribution is -2.44. The van der Waals surface area contributed by atoms with Crippen LogP contribution in [0.3, 0.4) is 0 Å². The standard InChI is InChI=1S/C15H22N2O3/c18-14(17-12-15(19)8-9-16-11-15)7-4-10-20-13-5-2-1-3-6-13/h1-3,5-6,16,19H,4,7-12H2,(H,17,18)/t15-/m0/s1. The van der Waals surface area contributed by atoms with E-state index in [0.717, 1.165) is 12.3 Å². The molecule has 1 aromatic carbocycles. The Balaban J connectivity index is 1.56. The molecule has 0 spiro atoms. The molecule has 0 aliphatic carbocycles. The molecule has 0 saturated carbocycles. The highest BCUT2D eigenvalue weighted by atomic mass is 16.5. The minimum atomic E-state index is -0.782. The van der Waals surface area contributed by atoms with E-state index in [-0.39, 0.29) is 5.91 Å². The monoisotopic (exact) mass is 278 g/mol. The fourth-order valence-corrected chi connectivity index (χ4v) is 2.17. The lowest BCUT2D eigenvalue weighted by atomic mass is 10.0. The summed E-state index contributed by atoms with van der Waals surface area (Å²) < 4.78 is 5.51. The van der Waals surface area contributed by atoms with Crippen molar-refractivity contribution in [3.05, 3.63) is 30.3 Å². The Morgan fingerprint density at radius 2 is 2.20 bits per heavy atom. The van der Waals surface area contributed by atoms with Gasteiger partial charge in [0.15, 0.2) is 0 Å². The molecule has 1 atom stereocenters. The van der Waals surface area contributed by atoms with E-state index in [0.29, 0.717) is 39.0 Å². The third kappa shape index (κ3) is 4.83. The maximum atomic E-state index is 11.7. The number of β-amino-alcohol motifs (C(OH)–C–C–N with tert-alkyl or cyclic N) is 1. The van der Waals surface area contributed by atoms with E-state index in [1.165, 1.54) is 0 Å². The first-order chi connectivity index (χ1) is 9.68. The molecule has 110 valence electrons. The molecule has 1 amide bonds. The van der Waals surface area contributed by atoms with Crippen LogP contribution < -0.4 is 15.4 Å². The summed E-state index contributed by atoms with van der Waals surface area (Å²) in [5.41, 5.74) is -0.782. The highest BCUT2D eigenvalue weighted by molar-refractivity contribution is 5.75. The Morgan fingerprint density at radius 1 is 1.40 bits per heavy atom. The predicted molar refractivity (Wildman–Crippen MR) is 76.6 cm³/mol. The molecule has 20 heavy (non-hydrogen) atoms. The minimum absolute atomic E-state index is 0.0398. The molecule has 1 heterocycles. The van der Waals surface area contributed by atoms with Crippen LogP contribution >= 0.6 is 0 Å². The number of amides is 1. The smallest absolute Gasteiger partial charge is 0.220 e. The zero-order chi connectivity index (χ0) is 14.3. The number of ether oxygens (including phenoxy) is 1. The van der Waals surface area contributed by atoms with Crippen LogP contribution in [0.2, 0.25) is 0 Å². The third-order valence-electron chi connectivity index (χ3n) is 3.40. The number of nitrogens with one attached hydrogen (secondary N) is 2. The number of hydrogen-bond donors (Lipinski definition) is 3. The van der Waals surface area contributed by atoms with Crippen molar-refractivity contribution in [1.82, 2.24) is 10.6 Å². The molecule has 1 aliphatic heterocycles. The number of rotatable bonds is 7. The van der Waals surface area contributed by atoms with Crippen LogP contribution in [0, 0.1) is 0 Å². The van der Waals surface area contributed by atoms with Crippen molar-refractivity contribution in [2.45, 2.75) is 24.9 Å². The summed E-state index contributed by atoms with van der Waals surface area (Å²) in [5.74, 6) is 0.779. The zero-order valence-corrected chi connectivity index (χ0v) is 11.6. The van der Waals surface area contributed by atoms with E-state index < -0.39 is 5.60 Å². The quantitative estimate of drug-likeness (QED) is 0.642. The Hall–Kier alpha value is -1.59. The predicted octanol–water partition coefficient (Wildman–Crippen LogP) is 0.686. The van der Waals surface area contributed by atoms with Crippen molar-refractivity contribution in [2.75, 3.05) is 26.2 Å². The second kappa shape index (κ2) is 7.26. The van der Waals surface area contributed by atoms with E-state index in [1.807, 2.05) is 30.3 Å². The first kappa shape index (κ1) is 14.8. The fraction of sp³-hybridized carbons (Fsp3) is 0.533. The molecule has 1 aromatic rings. The van der Waals surface area contributed by atoms with Gasteiger partial charge in [0.2, 0.25) is 5.91 Å². The Morgan fingerprint density at radius 3 is 2.90 bits per heavy atom. The number of para-hydroxylation sites is 1. The maximum Gasteiger partial charge on any atom is 0.220 e. The van der Waals surface area contributed by atoms with Crippen molar-refractivity contribution < 1.29 is 14.6 Å². The first-order valence-corrected chi connectivity index (χ1v) is 7.06. The molecule has 1 aliphatic rings. The van der Waals surface area contributed by atoms with E-state index in [2.05, 4.69) is 10.6 Å². The van der Waals surface area contributed by atoms with Crippen molar-refractivity contribution in [3.63, 3.8) is 0 Å². The largest absolute Gasteiger partial charge is 0.494 e. The first-order valence-electron chi connectivity index (χ1n) is 7.06. The van der Waals surface area contributed by atoms with Gasteiger partial charge in [-0.15, -0.1) is 0 Å². The summed E-state index contributed by atoms with van der Waals surface area (Å²) in [5, 5.41) is 15.9. The van der Waals surface area contributed by atoms with E-state index in [9.17, 15) is 9.90 Å². The third-order valence-corrected chi connectivity index (χ3v) is 3.40. The van der Waals surface area contributed by atoms with E-state index in [1.54, 1.807) is 0 Å². The number of carbonyl (C=O) groups is 1. The van der Waals surface area contributed by atoms with Crippen LogP contribution in [0.25, 0.3) is 0 Å². The highest BCUT2D eigenvalue weighted by Crippen LogP contribution is 2.12. The Bertz CT molecular complexity index is 416. The van der Waals surface area contributed by atoms with Gasteiger partial charge in [0.05, 0.1) is 12.2 Å². The summed E-state index contributed by atoms with van der Waals surface area (Å²) >= 11 is 0. The van der Waals surface area contributed by atoms with E-state index in [4.69, 9.17) is 4.74 Å². The maximum absolute atomic E-state index is 11.7. The fourth-order valence-electron chi connectivity index (χ4n) is 2.17. The summed E-state index contributed by atoms with van der Waals surface area (Å²) in [6.45, 7) is 2.18. The van der Waals surface area contributed by atoms with Gasteiger partial charge in [0.25, 0.3) is 0 Å². The van der Waals surface area contributed by atoms with Crippen LogP contribution in [0.4, 0.5) is 0 Å². The Labute approximate surface area is 119 Å². The van der Waals surface area contributed by atoms with Gasteiger partial charge in [0, 0.05) is 19.5 Å². The van der Waals surface area contributed by atoms with Gasteiger partial charge in [-0.2, -0.15) is 0 Å². The van der Waals surface area contributed by atoms with Crippen LogP contribution in [0.15, 0.2) is 30.3 Å². The van der Waals surface area contributed by atoms with Gasteiger partial charge >= 0.3 is 0 Å². The molecule has 5 nitrogen and oxygen atoms in total. The number of aliphatic hydroxyl groups is 1. The van der Waals surface area contributed by atoms with Crippen LogP contribution in [-0.4, -0.2) is 42.9 Å².